The van der Waals surface area contributed by atoms with Crippen LogP contribution < -0.4 is 14.8 Å². The van der Waals surface area contributed by atoms with E-state index in [9.17, 15) is 9.59 Å². The van der Waals surface area contributed by atoms with Gasteiger partial charge in [-0.3, -0.25) is 9.59 Å². The maximum Gasteiger partial charge on any atom is 0.273 e. The van der Waals surface area contributed by atoms with Crippen LogP contribution in [0.15, 0.2) is 53.9 Å². The van der Waals surface area contributed by atoms with Gasteiger partial charge in [0.2, 0.25) is 5.91 Å². The second kappa shape index (κ2) is 10.6. The Labute approximate surface area is 185 Å². The number of nitrogens with one attached hydrogen (secondary N) is 1. The molecule has 1 aromatic heterocycles. The topological polar surface area (TPSA) is 80.8 Å². The molecule has 162 valence electrons. The number of benzene rings is 2. The molecular weight excluding hydrogens is 414 g/mol. The fourth-order valence-corrected chi connectivity index (χ4v) is 3.83. The summed E-state index contributed by atoms with van der Waals surface area (Å²) in [6.07, 6.45) is 0.725. The Morgan fingerprint density at radius 1 is 1.06 bits per heavy atom. The lowest BCUT2D eigenvalue weighted by Gasteiger charge is -2.21. The Morgan fingerprint density at radius 3 is 2.48 bits per heavy atom. The van der Waals surface area contributed by atoms with Crippen LogP contribution in [0.4, 0.5) is 5.69 Å². The smallest absolute Gasteiger partial charge is 0.273 e. The van der Waals surface area contributed by atoms with Crippen LogP contribution in [0.3, 0.4) is 0 Å². The highest BCUT2D eigenvalue weighted by atomic mass is 32.1. The normalized spacial score (nSPS) is 10.4. The Hall–Kier alpha value is -3.39. The summed E-state index contributed by atoms with van der Waals surface area (Å²) < 4.78 is 10.4. The van der Waals surface area contributed by atoms with Crippen molar-refractivity contribution in [2.24, 2.45) is 0 Å². The van der Waals surface area contributed by atoms with Gasteiger partial charge >= 0.3 is 0 Å². The van der Waals surface area contributed by atoms with E-state index in [1.54, 1.807) is 31.7 Å². The van der Waals surface area contributed by atoms with Gasteiger partial charge in [-0.1, -0.05) is 19.1 Å². The number of methoxy groups -OCH3 is 2. The summed E-state index contributed by atoms with van der Waals surface area (Å²) in [5, 5.41) is 5.27. The molecule has 0 radical (unpaired) electrons. The van der Waals surface area contributed by atoms with Gasteiger partial charge in [0, 0.05) is 17.5 Å². The fourth-order valence-electron chi connectivity index (χ4n) is 3.03. The zero-order valence-corrected chi connectivity index (χ0v) is 18.6. The standard InChI is InChI=1S/C23H25N3O4S/c1-4-13-26(14-21(27)24-18-7-5-6-8-20(18)30-3)23(28)19-15-31-22(25-19)16-9-11-17(29-2)12-10-16/h5-12,15H,4,13-14H2,1-3H3,(H,24,27). The third-order valence-corrected chi connectivity index (χ3v) is 5.45. The molecule has 0 saturated carbocycles. The van der Waals surface area contributed by atoms with Gasteiger partial charge in [0.25, 0.3) is 5.91 Å². The molecule has 0 aliphatic heterocycles. The average Bonchev–Trinajstić information content (AvgIpc) is 3.29. The fraction of sp³-hybridized carbons (Fsp3) is 0.261. The van der Waals surface area contributed by atoms with Gasteiger partial charge < -0.3 is 19.7 Å². The number of nitrogens with zero attached hydrogens (tertiary/aromatic N) is 2. The van der Waals surface area contributed by atoms with Gasteiger partial charge in [0.15, 0.2) is 0 Å². The number of carbonyl (C=O) groups excluding carboxylic acids is 2. The second-order valence-electron chi connectivity index (χ2n) is 6.74. The molecule has 0 unspecified atom stereocenters. The molecule has 3 aromatic rings. The van der Waals surface area contributed by atoms with Crippen molar-refractivity contribution in [2.45, 2.75) is 13.3 Å². The zero-order chi connectivity index (χ0) is 22.2. The zero-order valence-electron chi connectivity index (χ0n) is 17.8. The molecule has 0 aliphatic rings. The van der Waals surface area contributed by atoms with Crippen LogP contribution in [0, 0.1) is 0 Å². The molecule has 2 amide bonds. The molecule has 1 heterocycles. The second-order valence-corrected chi connectivity index (χ2v) is 7.60. The minimum Gasteiger partial charge on any atom is -0.497 e. The van der Waals surface area contributed by atoms with Crippen molar-refractivity contribution in [3.63, 3.8) is 0 Å². The number of hydrogen-bond acceptors (Lipinski definition) is 6. The number of hydrogen-bond donors (Lipinski definition) is 1. The van der Waals surface area contributed by atoms with E-state index in [2.05, 4.69) is 10.3 Å². The van der Waals surface area contributed by atoms with Gasteiger partial charge in [-0.05, 0) is 42.8 Å². The predicted molar refractivity (Wildman–Crippen MR) is 122 cm³/mol. The summed E-state index contributed by atoms with van der Waals surface area (Å²) in [7, 11) is 3.15. The highest BCUT2D eigenvalue weighted by Crippen LogP contribution is 2.26. The van der Waals surface area contributed by atoms with Crippen molar-refractivity contribution < 1.29 is 19.1 Å². The van der Waals surface area contributed by atoms with E-state index in [4.69, 9.17) is 9.47 Å². The number of anilines is 1. The lowest BCUT2D eigenvalue weighted by atomic mass is 10.2. The first-order valence-electron chi connectivity index (χ1n) is 9.87. The lowest BCUT2D eigenvalue weighted by Crippen LogP contribution is -2.38. The summed E-state index contributed by atoms with van der Waals surface area (Å²) >= 11 is 1.39. The van der Waals surface area contributed by atoms with Crippen LogP contribution in [0.5, 0.6) is 11.5 Å². The predicted octanol–water partition coefficient (Wildman–Crippen LogP) is 4.32. The van der Waals surface area contributed by atoms with Crippen LogP contribution in [0.25, 0.3) is 10.6 Å². The molecular formula is C23H25N3O4S. The SMILES string of the molecule is CCCN(CC(=O)Nc1ccccc1OC)C(=O)c1csc(-c2ccc(OC)cc2)n1. The van der Waals surface area contributed by atoms with E-state index < -0.39 is 0 Å². The Kier molecular flexibility index (Phi) is 7.61. The Balaban J connectivity index is 1.71. The molecule has 0 spiro atoms. The molecule has 7 nitrogen and oxygen atoms in total. The number of carbonyl (C=O) groups is 2. The molecule has 0 saturated heterocycles. The van der Waals surface area contributed by atoms with Crippen molar-refractivity contribution >= 4 is 28.8 Å². The Morgan fingerprint density at radius 2 is 1.81 bits per heavy atom. The van der Waals surface area contributed by atoms with E-state index in [-0.39, 0.29) is 18.4 Å². The highest BCUT2D eigenvalue weighted by molar-refractivity contribution is 7.13. The van der Waals surface area contributed by atoms with Gasteiger partial charge in [-0.2, -0.15) is 0 Å². The largest absolute Gasteiger partial charge is 0.497 e. The van der Waals surface area contributed by atoms with E-state index in [1.807, 2.05) is 43.3 Å². The van der Waals surface area contributed by atoms with Crippen molar-refractivity contribution in [2.75, 3.05) is 32.6 Å². The van der Waals surface area contributed by atoms with Crippen LogP contribution >= 0.6 is 11.3 Å². The third-order valence-electron chi connectivity index (χ3n) is 4.56. The van der Waals surface area contributed by atoms with Gasteiger partial charge in [-0.25, -0.2) is 4.98 Å². The molecule has 31 heavy (non-hydrogen) atoms. The monoisotopic (exact) mass is 439 g/mol. The number of thiazole rings is 1. The molecule has 0 bridgehead atoms. The van der Waals surface area contributed by atoms with Gasteiger partial charge in [-0.15, -0.1) is 11.3 Å². The quantitative estimate of drug-likeness (QED) is 0.537. The van der Waals surface area contributed by atoms with Crippen molar-refractivity contribution in [1.29, 1.82) is 0 Å². The van der Waals surface area contributed by atoms with Crippen LogP contribution in [-0.4, -0.2) is 49.0 Å². The van der Waals surface area contributed by atoms with Crippen LogP contribution in [0.1, 0.15) is 23.8 Å². The average molecular weight is 440 g/mol. The highest BCUT2D eigenvalue weighted by Gasteiger charge is 2.21. The summed E-state index contributed by atoms with van der Waals surface area (Å²) in [6, 6.07) is 14.7. The van der Waals surface area contributed by atoms with Crippen LogP contribution in [0.2, 0.25) is 0 Å². The molecule has 8 heteroatoms. The minimum absolute atomic E-state index is 0.0693. The van der Waals surface area contributed by atoms with Crippen LogP contribution in [-0.2, 0) is 4.79 Å². The summed E-state index contributed by atoms with van der Waals surface area (Å²) in [6.45, 7) is 2.34. The summed E-state index contributed by atoms with van der Waals surface area (Å²) in [5.74, 6) is 0.754. The lowest BCUT2D eigenvalue weighted by molar-refractivity contribution is -0.116. The molecule has 0 aliphatic carbocycles. The van der Waals surface area contributed by atoms with E-state index >= 15 is 0 Å². The summed E-state index contributed by atoms with van der Waals surface area (Å²) in [5.41, 5.74) is 1.80. The number of para-hydroxylation sites is 2. The Bertz CT molecular complexity index is 1030. The number of rotatable bonds is 9. The summed E-state index contributed by atoms with van der Waals surface area (Å²) in [4.78, 5) is 31.6. The minimum atomic E-state index is -0.295. The molecule has 0 atom stereocenters. The molecule has 2 aromatic carbocycles. The van der Waals surface area contributed by atoms with Crippen molar-refractivity contribution in [3.8, 4) is 22.1 Å². The molecule has 1 N–H and O–H groups in total. The number of ether oxygens (including phenoxy) is 2. The van der Waals surface area contributed by atoms with E-state index in [0.29, 0.717) is 23.7 Å². The van der Waals surface area contributed by atoms with Crippen molar-refractivity contribution in [3.05, 3.63) is 59.6 Å². The van der Waals surface area contributed by atoms with E-state index in [0.717, 1.165) is 22.7 Å². The first kappa shape index (κ1) is 22.3. The molecule has 3 rings (SSSR count). The maximum atomic E-state index is 13.0. The molecule has 0 fully saturated rings. The third kappa shape index (κ3) is 5.61. The number of aromatic nitrogens is 1. The maximum absolute atomic E-state index is 13.0. The van der Waals surface area contributed by atoms with Gasteiger partial charge in [0.1, 0.15) is 28.7 Å². The van der Waals surface area contributed by atoms with Gasteiger partial charge in [0.05, 0.1) is 19.9 Å². The first-order valence-corrected chi connectivity index (χ1v) is 10.8. The van der Waals surface area contributed by atoms with E-state index in [1.165, 1.54) is 16.2 Å². The van der Waals surface area contributed by atoms with Crippen molar-refractivity contribution in [1.82, 2.24) is 9.88 Å². The first-order chi connectivity index (χ1) is 15.0. The number of amides is 2.